The van der Waals surface area contributed by atoms with Crippen molar-refractivity contribution in [2.75, 3.05) is 13.2 Å². The highest BCUT2D eigenvalue weighted by Gasteiger charge is 1.89. The van der Waals surface area contributed by atoms with Gasteiger partial charge >= 0.3 is 5.97 Å². The van der Waals surface area contributed by atoms with Gasteiger partial charge in [0, 0.05) is 6.92 Å². The zero-order valence-corrected chi connectivity index (χ0v) is 5.59. The largest absolute Gasteiger partial charge is 0.464 e. The van der Waals surface area contributed by atoms with Crippen LogP contribution in [0.3, 0.4) is 0 Å². The van der Waals surface area contributed by atoms with Crippen molar-refractivity contribution in [1.82, 2.24) is 11.0 Å². The number of esters is 1. The van der Waals surface area contributed by atoms with E-state index >= 15 is 0 Å². The summed E-state index contributed by atoms with van der Waals surface area (Å²) in [5, 5.41) is 2.30. The first-order valence-corrected chi connectivity index (χ1v) is 2.71. The summed E-state index contributed by atoms with van der Waals surface area (Å²) in [6.07, 6.45) is 0. The Bertz CT molecular complexity index is 116. The van der Waals surface area contributed by atoms with E-state index in [2.05, 4.69) is 15.4 Å². The Balaban J connectivity index is 2.90. The molecule has 0 rings (SSSR count). The Morgan fingerprint density at radius 3 is 2.90 bits per heavy atom. The lowest BCUT2D eigenvalue weighted by molar-refractivity contribution is -0.140. The Kier molecular flexibility index (Phi) is 5.26. The van der Waals surface area contributed by atoms with Crippen LogP contribution < -0.4 is 11.0 Å². The third kappa shape index (κ3) is 6.83. The Hall–Kier alpha value is -1.17. The van der Waals surface area contributed by atoms with Gasteiger partial charge in [0.15, 0.2) is 0 Å². The first-order chi connectivity index (χ1) is 4.77. The fourth-order valence-electron chi connectivity index (χ4n) is 0.334. The molecule has 0 bridgehead atoms. The van der Waals surface area contributed by atoms with Crippen LogP contribution in [0.5, 0.6) is 0 Å². The molecule has 10 heavy (non-hydrogen) atoms. The van der Waals surface area contributed by atoms with Crippen LogP contribution in [-0.4, -0.2) is 19.1 Å². The number of hydrogen-bond donors (Lipinski definition) is 2. The molecule has 0 aromatic carbocycles. The number of nitroso groups, excluding NO2 is 1. The summed E-state index contributed by atoms with van der Waals surface area (Å²) >= 11 is 0. The summed E-state index contributed by atoms with van der Waals surface area (Å²) in [5.74, 6) is -0.346. The van der Waals surface area contributed by atoms with Gasteiger partial charge in [-0.1, -0.05) is 0 Å². The molecule has 0 unspecified atom stereocenters. The van der Waals surface area contributed by atoms with Crippen LogP contribution >= 0.6 is 0 Å². The molecule has 6 heteroatoms. The lowest BCUT2D eigenvalue weighted by Gasteiger charge is -2.00. The zero-order valence-electron chi connectivity index (χ0n) is 5.59. The monoisotopic (exact) mass is 147 g/mol. The van der Waals surface area contributed by atoms with Crippen LogP contribution in [-0.2, 0) is 9.53 Å². The molecule has 58 valence electrons. The Labute approximate surface area is 57.8 Å². The highest BCUT2D eigenvalue weighted by atomic mass is 16.5. The number of carbonyl (C=O) groups excluding carboxylic acids is 1. The lowest BCUT2D eigenvalue weighted by Crippen LogP contribution is -2.30. The average molecular weight is 147 g/mol. The summed E-state index contributed by atoms with van der Waals surface area (Å²) in [7, 11) is 0. The Morgan fingerprint density at radius 1 is 1.70 bits per heavy atom. The molecule has 0 aliphatic carbocycles. The minimum Gasteiger partial charge on any atom is -0.464 e. The first-order valence-electron chi connectivity index (χ1n) is 2.71. The van der Waals surface area contributed by atoms with Gasteiger partial charge in [-0.2, -0.15) is 0 Å². The van der Waals surface area contributed by atoms with Crippen molar-refractivity contribution in [2.45, 2.75) is 6.92 Å². The van der Waals surface area contributed by atoms with Crippen LogP contribution in [0.15, 0.2) is 5.29 Å². The summed E-state index contributed by atoms with van der Waals surface area (Å²) in [6.45, 7) is 1.88. The van der Waals surface area contributed by atoms with Crippen LogP contribution in [0, 0.1) is 4.91 Å². The molecule has 0 aromatic heterocycles. The van der Waals surface area contributed by atoms with Crippen LogP contribution in [0.25, 0.3) is 0 Å². The van der Waals surface area contributed by atoms with E-state index in [0.29, 0.717) is 6.54 Å². The van der Waals surface area contributed by atoms with Crippen molar-refractivity contribution < 1.29 is 9.53 Å². The molecule has 0 aromatic rings. The fraction of sp³-hybridized carbons (Fsp3) is 0.750. The fourth-order valence-corrected chi connectivity index (χ4v) is 0.334. The van der Waals surface area contributed by atoms with E-state index in [1.165, 1.54) is 6.92 Å². The van der Waals surface area contributed by atoms with Gasteiger partial charge in [-0.3, -0.25) is 4.79 Å². The molecular formula is C4H9N3O3. The van der Waals surface area contributed by atoms with E-state index in [1.807, 2.05) is 5.53 Å². The number of nitrogens with zero attached hydrogens (tertiary/aromatic N) is 1. The van der Waals surface area contributed by atoms with Gasteiger partial charge < -0.3 is 4.74 Å². The number of nitrogens with one attached hydrogen (secondary N) is 2. The topological polar surface area (TPSA) is 79.8 Å². The van der Waals surface area contributed by atoms with Crippen molar-refractivity contribution >= 4 is 5.97 Å². The van der Waals surface area contributed by atoms with E-state index in [-0.39, 0.29) is 12.6 Å². The first kappa shape index (κ1) is 8.83. The van der Waals surface area contributed by atoms with Crippen LogP contribution in [0.1, 0.15) is 6.92 Å². The number of hydrogen-bond acceptors (Lipinski definition) is 5. The second-order valence-corrected chi connectivity index (χ2v) is 1.47. The molecule has 0 aliphatic heterocycles. The maximum absolute atomic E-state index is 10.1. The Morgan fingerprint density at radius 2 is 2.40 bits per heavy atom. The van der Waals surface area contributed by atoms with Crippen molar-refractivity contribution in [3.05, 3.63) is 4.91 Å². The molecule has 0 saturated carbocycles. The standard InChI is InChI=1S/C4H9N3O3/c1-4(8)10-3-2-5-6-7-9/h2-3H2,1H3,(H,5,7)(H,6,9). The molecule has 0 aliphatic rings. The normalized spacial score (nSPS) is 8.50. The smallest absolute Gasteiger partial charge is 0.302 e. The highest BCUT2D eigenvalue weighted by molar-refractivity contribution is 5.65. The SMILES string of the molecule is CC(=O)OCCNNN=O. The predicted octanol–water partition coefficient (Wildman–Crippen LogP) is -0.675. The predicted molar refractivity (Wildman–Crippen MR) is 33.6 cm³/mol. The molecule has 0 saturated heterocycles. The van der Waals surface area contributed by atoms with Gasteiger partial charge in [-0.05, 0) is 0 Å². The van der Waals surface area contributed by atoms with Gasteiger partial charge in [-0.25, -0.2) is 11.0 Å². The number of ether oxygens (including phenoxy) is 1. The van der Waals surface area contributed by atoms with Gasteiger partial charge in [-0.15, -0.1) is 4.91 Å². The molecule has 0 spiro atoms. The molecule has 2 N–H and O–H groups in total. The second kappa shape index (κ2) is 5.96. The van der Waals surface area contributed by atoms with Gasteiger partial charge in [0.2, 0.25) is 0 Å². The summed E-state index contributed by atoms with van der Waals surface area (Å²) < 4.78 is 4.50. The minimum absolute atomic E-state index is 0.220. The zero-order chi connectivity index (χ0) is 7.82. The number of rotatable bonds is 5. The number of hydrazine groups is 1. The average Bonchev–Trinajstić information content (AvgIpc) is 1.87. The molecular weight excluding hydrogens is 138 g/mol. The number of carbonyl (C=O) groups is 1. The van der Waals surface area contributed by atoms with E-state index in [1.54, 1.807) is 0 Å². The quantitative estimate of drug-likeness (QED) is 0.233. The summed E-state index contributed by atoms with van der Waals surface area (Å²) in [4.78, 5) is 19.5. The second-order valence-electron chi connectivity index (χ2n) is 1.47. The van der Waals surface area contributed by atoms with E-state index in [0.717, 1.165) is 0 Å². The van der Waals surface area contributed by atoms with Crippen LogP contribution in [0.4, 0.5) is 0 Å². The molecule has 0 fully saturated rings. The van der Waals surface area contributed by atoms with Gasteiger partial charge in [0.25, 0.3) is 0 Å². The molecule has 0 radical (unpaired) electrons. The van der Waals surface area contributed by atoms with Crippen molar-refractivity contribution in [3.8, 4) is 0 Å². The lowest BCUT2D eigenvalue weighted by atomic mass is 10.7. The molecule has 6 nitrogen and oxygen atoms in total. The third-order valence-electron chi connectivity index (χ3n) is 0.657. The van der Waals surface area contributed by atoms with E-state index < -0.39 is 0 Å². The van der Waals surface area contributed by atoms with Crippen molar-refractivity contribution in [3.63, 3.8) is 0 Å². The molecule has 0 heterocycles. The van der Waals surface area contributed by atoms with E-state index in [9.17, 15) is 9.70 Å². The van der Waals surface area contributed by atoms with E-state index in [4.69, 9.17) is 0 Å². The highest BCUT2D eigenvalue weighted by Crippen LogP contribution is 1.71. The minimum atomic E-state index is -0.346. The summed E-state index contributed by atoms with van der Waals surface area (Å²) in [6, 6.07) is 0. The van der Waals surface area contributed by atoms with Gasteiger partial charge in [0.1, 0.15) is 6.61 Å². The molecule has 0 atom stereocenters. The molecule has 0 amide bonds. The maximum Gasteiger partial charge on any atom is 0.302 e. The van der Waals surface area contributed by atoms with Crippen molar-refractivity contribution in [2.24, 2.45) is 5.29 Å². The van der Waals surface area contributed by atoms with Gasteiger partial charge in [0.05, 0.1) is 11.8 Å². The third-order valence-corrected chi connectivity index (χ3v) is 0.657. The maximum atomic E-state index is 10.1. The van der Waals surface area contributed by atoms with Crippen LogP contribution in [0.2, 0.25) is 0 Å². The van der Waals surface area contributed by atoms with Crippen molar-refractivity contribution in [1.29, 1.82) is 0 Å². The summed E-state index contributed by atoms with van der Waals surface area (Å²) in [5.41, 5.74) is 4.33.